The number of rotatable bonds is 4. The maximum absolute atomic E-state index is 13.0. The summed E-state index contributed by atoms with van der Waals surface area (Å²) in [6.07, 6.45) is -0.260. The summed E-state index contributed by atoms with van der Waals surface area (Å²) < 4.78 is 18.4. The van der Waals surface area contributed by atoms with Gasteiger partial charge in [0, 0.05) is 0 Å². The molecule has 0 radical (unpaired) electrons. The van der Waals surface area contributed by atoms with Crippen molar-refractivity contribution in [1.29, 1.82) is 0 Å². The predicted molar refractivity (Wildman–Crippen MR) is 57.6 cm³/mol. The van der Waals surface area contributed by atoms with Crippen molar-refractivity contribution in [1.82, 2.24) is 0 Å². The van der Waals surface area contributed by atoms with Crippen LogP contribution in [-0.2, 0) is 15.1 Å². The van der Waals surface area contributed by atoms with Crippen molar-refractivity contribution in [2.24, 2.45) is 0 Å². The third-order valence-electron chi connectivity index (χ3n) is 2.25. The van der Waals surface area contributed by atoms with E-state index < -0.39 is 17.4 Å². The summed E-state index contributed by atoms with van der Waals surface area (Å²) in [5.74, 6) is -1.61. The second-order valence-corrected chi connectivity index (χ2v) is 4.02. The molecule has 1 aromatic rings. The fourth-order valence-electron chi connectivity index (χ4n) is 1.50. The molecular weight excluding hydrogens is 211 g/mol. The van der Waals surface area contributed by atoms with E-state index in [1.807, 2.05) is 0 Å². The maximum Gasteiger partial charge on any atom is 0.340 e. The van der Waals surface area contributed by atoms with Gasteiger partial charge in [-0.05, 0) is 38.5 Å². The van der Waals surface area contributed by atoms with Gasteiger partial charge in [0.2, 0.25) is 0 Å². The van der Waals surface area contributed by atoms with Gasteiger partial charge in [-0.1, -0.05) is 12.1 Å². The Hall–Kier alpha value is -1.42. The average Bonchev–Trinajstić information content (AvgIpc) is 2.16. The zero-order chi connectivity index (χ0) is 12.3. The van der Waals surface area contributed by atoms with Crippen LogP contribution >= 0.6 is 0 Å². The van der Waals surface area contributed by atoms with E-state index in [4.69, 9.17) is 4.74 Å². The summed E-state index contributed by atoms with van der Waals surface area (Å²) in [6.45, 7) is 4.89. The van der Waals surface area contributed by atoms with Gasteiger partial charge in [-0.25, -0.2) is 9.18 Å². The minimum atomic E-state index is -1.52. The normalized spacial score (nSPS) is 14.8. The van der Waals surface area contributed by atoms with E-state index in [1.54, 1.807) is 19.9 Å². The molecule has 0 aliphatic heterocycles. The van der Waals surface area contributed by atoms with Gasteiger partial charge in [-0.15, -0.1) is 0 Å². The van der Waals surface area contributed by atoms with Crippen molar-refractivity contribution >= 4 is 5.97 Å². The standard InChI is InChI=1S/C12H15FO3/c1-8(2)16-12(3,11(14)15)9-5-4-6-10(13)7-9/h4-8H,1-3H3,(H,14,15). The Morgan fingerprint density at radius 1 is 1.50 bits per heavy atom. The molecule has 0 saturated carbocycles. The van der Waals surface area contributed by atoms with Gasteiger partial charge in [-0.3, -0.25) is 0 Å². The van der Waals surface area contributed by atoms with E-state index in [0.717, 1.165) is 0 Å². The Kier molecular flexibility index (Phi) is 3.65. The van der Waals surface area contributed by atoms with Crippen LogP contribution in [0.1, 0.15) is 26.3 Å². The van der Waals surface area contributed by atoms with E-state index >= 15 is 0 Å². The highest BCUT2D eigenvalue weighted by atomic mass is 19.1. The molecule has 0 amide bonds. The molecule has 1 aromatic carbocycles. The van der Waals surface area contributed by atoms with Gasteiger partial charge in [0.15, 0.2) is 5.60 Å². The van der Waals surface area contributed by atoms with Gasteiger partial charge >= 0.3 is 5.97 Å². The fraction of sp³-hybridized carbons (Fsp3) is 0.417. The zero-order valence-electron chi connectivity index (χ0n) is 9.53. The first-order valence-corrected chi connectivity index (χ1v) is 5.03. The van der Waals surface area contributed by atoms with E-state index in [0.29, 0.717) is 5.56 Å². The number of aliphatic carboxylic acids is 1. The first-order chi connectivity index (χ1) is 7.36. The Morgan fingerprint density at radius 3 is 2.56 bits per heavy atom. The summed E-state index contributed by atoms with van der Waals surface area (Å²) in [4.78, 5) is 11.2. The highest BCUT2D eigenvalue weighted by Crippen LogP contribution is 2.27. The Balaban J connectivity index is 3.16. The van der Waals surface area contributed by atoms with E-state index in [1.165, 1.54) is 25.1 Å². The Bertz CT molecular complexity index is 390. The SMILES string of the molecule is CC(C)OC(C)(C(=O)O)c1cccc(F)c1. The summed E-state index contributed by atoms with van der Waals surface area (Å²) in [5, 5.41) is 9.18. The first-order valence-electron chi connectivity index (χ1n) is 5.03. The van der Waals surface area contributed by atoms with Crippen molar-refractivity contribution < 1.29 is 19.0 Å². The maximum atomic E-state index is 13.0. The number of halogens is 1. The molecule has 0 saturated heterocycles. The summed E-state index contributed by atoms with van der Waals surface area (Å²) in [5.41, 5.74) is -1.22. The van der Waals surface area contributed by atoms with Gasteiger partial charge < -0.3 is 9.84 Å². The molecule has 0 aliphatic carbocycles. The third kappa shape index (κ3) is 2.58. The molecule has 1 atom stereocenters. The lowest BCUT2D eigenvalue weighted by Gasteiger charge is -2.28. The van der Waals surface area contributed by atoms with Crippen LogP contribution in [0.5, 0.6) is 0 Å². The highest BCUT2D eigenvalue weighted by molar-refractivity contribution is 5.79. The molecule has 0 heterocycles. The van der Waals surface area contributed by atoms with Crippen LogP contribution in [0.15, 0.2) is 24.3 Å². The number of benzene rings is 1. The van der Waals surface area contributed by atoms with Crippen molar-refractivity contribution in [2.45, 2.75) is 32.5 Å². The molecule has 88 valence electrons. The third-order valence-corrected chi connectivity index (χ3v) is 2.25. The molecule has 0 bridgehead atoms. The van der Waals surface area contributed by atoms with Crippen LogP contribution in [0, 0.1) is 5.82 Å². The predicted octanol–water partition coefficient (Wildman–Crippen LogP) is 2.55. The van der Waals surface area contributed by atoms with Crippen LogP contribution in [0.3, 0.4) is 0 Å². The number of carboxylic acids is 1. The Labute approximate surface area is 93.9 Å². The number of carbonyl (C=O) groups is 1. The topological polar surface area (TPSA) is 46.5 Å². The summed E-state index contributed by atoms with van der Waals surface area (Å²) >= 11 is 0. The van der Waals surface area contributed by atoms with E-state index in [2.05, 4.69) is 0 Å². The lowest BCUT2D eigenvalue weighted by atomic mass is 9.95. The van der Waals surface area contributed by atoms with Crippen molar-refractivity contribution in [3.63, 3.8) is 0 Å². The van der Waals surface area contributed by atoms with Crippen molar-refractivity contribution in [3.05, 3.63) is 35.6 Å². The second-order valence-electron chi connectivity index (χ2n) is 4.02. The molecule has 0 aliphatic rings. The lowest BCUT2D eigenvalue weighted by Crippen LogP contribution is -2.37. The van der Waals surface area contributed by atoms with E-state index in [-0.39, 0.29) is 6.10 Å². The number of hydrogen-bond acceptors (Lipinski definition) is 2. The molecule has 1 unspecified atom stereocenters. The van der Waals surface area contributed by atoms with Crippen LogP contribution in [-0.4, -0.2) is 17.2 Å². The second kappa shape index (κ2) is 4.61. The summed E-state index contributed by atoms with van der Waals surface area (Å²) in [6, 6.07) is 5.45. The molecule has 16 heavy (non-hydrogen) atoms. The van der Waals surface area contributed by atoms with Crippen molar-refractivity contribution in [3.8, 4) is 0 Å². The number of carboxylic acid groups (broad SMARTS) is 1. The zero-order valence-corrected chi connectivity index (χ0v) is 9.53. The van der Waals surface area contributed by atoms with Crippen LogP contribution in [0.4, 0.5) is 4.39 Å². The van der Waals surface area contributed by atoms with E-state index in [9.17, 15) is 14.3 Å². The molecule has 0 spiro atoms. The van der Waals surface area contributed by atoms with Gasteiger partial charge in [0.1, 0.15) is 5.82 Å². The minimum Gasteiger partial charge on any atom is -0.479 e. The van der Waals surface area contributed by atoms with Crippen molar-refractivity contribution in [2.75, 3.05) is 0 Å². The largest absolute Gasteiger partial charge is 0.479 e. The smallest absolute Gasteiger partial charge is 0.340 e. The van der Waals surface area contributed by atoms with Crippen LogP contribution in [0.2, 0.25) is 0 Å². The lowest BCUT2D eigenvalue weighted by molar-refractivity contribution is -0.170. The molecule has 1 N–H and O–H groups in total. The Morgan fingerprint density at radius 2 is 2.12 bits per heavy atom. The molecule has 0 aromatic heterocycles. The van der Waals surface area contributed by atoms with Gasteiger partial charge in [0.05, 0.1) is 6.10 Å². The van der Waals surface area contributed by atoms with Crippen LogP contribution in [0.25, 0.3) is 0 Å². The number of ether oxygens (including phenoxy) is 1. The van der Waals surface area contributed by atoms with Gasteiger partial charge in [-0.2, -0.15) is 0 Å². The molecule has 4 heteroatoms. The average molecular weight is 226 g/mol. The number of hydrogen-bond donors (Lipinski definition) is 1. The van der Waals surface area contributed by atoms with Crippen LogP contribution < -0.4 is 0 Å². The summed E-state index contributed by atoms with van der Waals surface area (Å²) in [7, 11) is 0. The fourth-order valence-corrected chi connectivity index (χ4v) is 1.50. The van der Waals surface area contributed by atoms with Gasteiger partial charge in [0.25, 0.3) is 0 Å². The highest BCUT2D eigenvalue weighted by Gasteiger charge is 2.37. The first kappa shape index (κ1) is 12.6. The minimum absolute atomic E-state index is 0.260. The molecule has 1 rings (SSSR count). The monoisotopic (exact) mass is 226 g/mol. The molecular formula is C12H15FO3. The molecule has 0 fully saturated rings. The molecule has 3 nitrogen and oxygen atoms in total. The quantitative estimate of drug-likeness (QED) is 0.858.